The molecule has 4 aromatic rings. The van der Waals surface area contributed by atoms with Gasteiger partial charge in [0.1, 0.15) is 11.6 Å². The van der Waals surface area contributed by atoms with Crippen molar-refractivity contribution in [3.63, 3.8) is 0 Å². The van der Waals surface area contributed by atoms with Gasteiger partial charge in [0.25, 0.3) is 5.91 Å². The minimum atomic E-state index is -4.65. The first-order valence-corrected chi connectivity index (χ1v) is 13.5. The van der Waals surface area contributed by atoms with Crippen molar-refractivity contribution in [2.24, 2.45) is 0 Å². The fourth-order valence-corrected chi connectivity index (χ4v) is 5.44. The lowest BCUT2D eigenvalue weighted by molar-refractivity contribution is -0.141. The first-order chi connectivity index (χ1) is 19.7. The summed E-state index contributed by atoms with van der Waals surface area (Å²) < 4.78 is 51.1. The fraction of sp³-hybridized carbons (Fsp3) is 0.333. The van der Waals surface area contributed by atoms with Gasteiger partial charge in [-0.15, -0.1) is 0 Å². The predicted octanol–water partition coefficient (Wildman–Crippen LogP) is 5.75. The topological polar surface area (TPSA) is 78.1 Å². The largest absolute Gasteiger partial charge is 0.497 e. The van der Waals surface area contributed by atoms with Crippen LogP contribution in [0.25, 0.3) is 16.8 Å². The number of carbonyl (C=O) groups is 1. The van der Waals surface area contributed by atoms with Crippen LogP contribution in [0.2, 0.25) is 0 Å². The standard InChI is InChI=1S/C30H29F3N6O2/c1-4-38-17-25(28(36-38)30(31,32)33)23-13-19(16-37-12-10-34-18(37)2)14-24-22(23)8-11-39(29(24)40)27(20-5-6-20)26-15-21(41-3)7-9-35-26/h7,9-10,12-15,17H,4-6,8,11,16H2,1-3H3. The molecule has 4 heterocycles. The van der Waals surface area contributed by atoms with Crippen molar-refractivity contribution in [2.45, 2.75) is 52.4 Å². The molecule has 3 aromatic heterocycles. The first kappa shape index (κ1) is 26.8. The van der Waals surface area contributed by atoms with E-state index in [9.17, 15) is 18.0 Å². The Hall–Kier alpha value is -4.41. The number of rotatable bonds is 7. The average Bonchev–Trinajstić information content (AvgIpc) is 3.55. The number of imidazole rings is 1. The van der Waals surface area contributed by atoms with Crippen molar-refractivity contribution in [3.8, 4) is 16.9 Å². The maximum atomic E-state index is 14.2. The van der Waals surface area contributed by atoms with Crippen LogP contribution in [0.4, 0.5) is 13.2 Å². The van der Waals surface area contributed by atoms with Crippen LogP contribution < -0.4 is 4.74 Å². The Morgan fingerprint density at radius 3 is 2.49 bits per heavy atom. The molecule has 1 aromatic carbocycles. The third kappa shape index (κ3) is 5.00. The number of fused-ring (bicyclic) bond motifs is 1. The summed E-state index contributed by atoms with van der Waals surface area (Å²) in [5.74, 6) is 1.13. The van der Waals surface area contributed by atoms with E-state index in [0.717, 1.165) is 29.9 Å². The molecule has 212 valence electrons. The van der Waals surface area contributed by atoms with E-state index in [0.29, 0.717) is 53.2 Å². The number of halogens is 3. The van der Waals surface area contributed by atoms with Gasteiger partial charge in [-0.2, -0.15) is 18.3 Å². The number of allylic oxidation sites excluding steroid dienone is 1. The van der Waals surface area contributed by atoms with Crippen molar-refractivity contribution in [3.05, 3.63) is 88.5 Å². The Labute approximate surface area is 235 Å². The van der Waals surface area contributed by atoms with E-state index in [4.69, 9.17) is 4.74 Å². The minimum Gasteiger partial charge on any atom is -0.497 e. The van der Waals surface area contributed by atoms with Crippen LogP contribution in [-0.4, -0.2) is 48.8 Å². The van der Waals surface area contributed by atoms with Gasteiger partial charge in [0, 0.05) is 61.6 Å². The molecule has 1 saturated carbocycles. The van der Waals surface area contributed by atoms with Crippen LogP contribution in [0.5, 0.6) is 5.75 Å². The molecule has 6 rings (SSSR count). The van der Waals surface area contributed by atoms with Crippen molar-refractivity contribution < 1.29 is 22.7 Å². The molecule has 41 heavy (non-hydrogen) atoms. The summed E-state index contributed by atoms with van der Waals surface area (Å²) in [6.45, 7) is 4.56. The number of methoxy groups -OCH3 is 1. The van der Waals surface area contributed by atoms with Crippen molar-refractivity contribution in [2.75, 3.05) is 13.7 Å². The molecule has 0 atom stereocenters. The summed E-state index contributed by atoms with van der Waals surface area (Å²) in [6.07, 6.45) is 4.02. The summed E-state index contributed by atoms with van der Waals surface area (Å²) in [5, 5.41) is 3.85. The Kier molecular flexibility index (Phi) is 6.67. The number of hydrogen-bond donors (Lipinski definition) is 0. The van der Waals surface area contributed by atoms with E-state index in [-0.39, 0.29) is 18.0 Å². The number of hydrogen-bond acceptors (Lipinski definition) is 5. The number of benzene rings is 1. The van der Waals surface area contributed by atoms with Gasteiger partial charge in [0.2, 0.25) is 0 Å². The van der Waals surface area contributed by atoms with Crippen molar-refractivity contribution in [1.82, 2.24) is 29.2 Å². The zero-order chi connectivity index (χ0) is 28.9. The molecule has 0 bridgehead atoms. The van der Waals surface area contributed by atoms with Gasteiger partial charge < -0.3 is 14.2 Å². The van der Waals surface area contributed by atoms with Gasteiger partial charge in [-0.3, -0.25) is 14.5 Å². The summed E-state index contributed by atoms with van der Waals surface area (Å²) in [6, 6.07) is 7.12. The lowest BCUT2D eigenvalue weighted by Crippen LogP contribution is -2.37. The molecular weight excluding hydrogens is 533 g/mol. The van der Waals surface area contributed by atoms with E-state index < -0.39 is 11.9 Å². The van der Waals surface area contributed by atoms with Crippen LogP contribution in [0.15, 0.2) is 54.6 Å². The highest BCUT2D eigenvalue weighted by molar-refractivity contribution is 6.04. The van der Waals surface area contributed by atoms with Gasteiger partial charge >= 0.3 is 6.18 Å². The number of pyridine rings is 1. The van der Waals surface area contributed by atoms with E-state index in [1.807, 2.05) is 23.8 Å². The van der Waals surface area contributed by atoms with Crippen LogP contribution in [0, 0.1) is 6.92 Å². The van der Waals surface area contributed by atoms with E-state index in [1.165, 1.54) is 10.9 Å². The Morgan fingerprint density at radius 2 is 1.83 bits per heavy atom. The number of ether oxygens (including phenoxy) is 1. The highest BCUT2D eigenvalue weighted by Gasteiger charge is 2.40. The Bertz CT molecular complexity index is 1680. The van der Waals surface area contributed by atoms with E-state index in [1.54, 1.807) is 49.5 Å². The zero-order valence-corrected chi connectivity index (χ0v) is 23.0. The molecule has 0 spiro atoms. The summed E-state index contributed by atoms with van der Waals surface area (Å²) in [7, 11) is 1.58. The fourth-order valence-electron chi connectivity index (χ4n) is 5.44. The molecule has 11 heteroatoms. The van der Waals surface area contributed by atoms with Crippen LogP contribution in [-0.2, 0) is 25.7 Å². The third-order valence-electron chi connectivity index (χ3n) is 7.61. The number of alkyl halides is 3. The van der Waals surface area contributed by atoms with Gasteiger partial charge in [-0.05, 0) is 73.6 Å². The number of aromatic nitrogens is 5. The van der Waals surface area contributed by atoms with Gasteiger partial charge in [-0.1, -0.05) is 0 Å². The Morgan fingerprint density at radius 1 is 1.05 bits per heavy atom. The quantitative estimate of drug-likeness (QED) is 0.287. The molecule has 2 aliphatic rings. The summed E-state index contributed by atoms with van der Waals surface area (Å²) in [4.78, 5) is 24.8. The number of aryl methyl sites for hydroxylation is 2. The highest BCUT2D eigenvalue weighted by Crippen LogP contribution is 2.43. The molecule has 1 aliphatic heterocycles. The van der Waals surface area contributed by atoms with E-state index >= 15 is 0 Å². The smallest absolute Gasteiger partial charge is 0.435 e. The number of nitrogens with zero attached hydrogens (tertiary/aromatic N) is 6. The lowest BCUT2D eigenvalue weighted by atomic mass is 9.87. The van der Waals surface area contributed by atoms with E-state index in [2.05, 4.69) is 15.1 Å². The number of carbonyl (C=O) groups excluding carboxylic acids is 1. The number of amides is 1. The summed E-state index contributed by atoms with van der Waals surface area (Å²) >= 11 is 0. The average molecular weight is 563 g/mol. The second-order valence-electron chi connectivity index (χ2n) is 10.3. The second-order valence-corrected chi connectivity index (χ2v) is 10.3. The first-order valence-electron chi connectivity index (χ1n) is 13.5. The second kappa shape index (κ2) is 10.2. The van der Waals surface area contributed by atoms with Gasteiger partial charge in [-0.25, -0.2) is 4.98 Å². The lowest BCUT2D eigenvalue weighted by Gasteiger charge is -2.32. The van der Waals surface area contributed by atoms with Crippen molar-refractivity contribution >= 4 is 11.6 Å². The highest BCUT2D eigenvalue weighted by atomic mass is 19.4. The van der Waals surface area contributed by atoms with Gasteiger partial charge in [0.05, 0.1) is 18.5 Å². The predicted molar refractivity (Wildman–Crippen MR) is 146 cm³/mol. The summed E-state index contributed by atoms with van der Waals surface area (Å²) in [5.41, 5.74) is 3.62. The normalized spacial score (nSPS) is 14.8. The SMILES string of the molecule is CCn1cc(-c2cc(Cn3ccnc3C)cc3c2CCN(C(=C2CC2)c2cc(OC)ccn2)C3=O)c(C(F)(F)F)n1. The third-order valence-corrected chi connectivity index (χ3v) is 7.61. The van der Waals surface area contributed by atoms with Gasteiger partial charge in [0.15, 0.2) is 5.69 Å². The van der Waals surface area contributed by atoms with Crippen LogP contribution in [0.3, 0.4) is 0 Å². The molecule has 1 amide bonds. The molecule has 1 fully saturated rings. The minimum absolute atomic E-state index is 0.0173. The molecule has 0 unspecified atom stereocenters. The molecular formula is C30H29F3N6O2. The maximum absolute atomic E-state index is 14.2. The molecule has 0 radical (unpaired) electrons. The van der Waals surface area contributed by atoms with Crippen molar-refractivity contribution in [1.29, 1.82) is 0 Å². The van der Waals surface area contributed by atoms with Crippen LogP contribution >= 0.6 is 0 Å². The molecule has 0 saturated heterocycles. The molecule has 8 nitrogen and oxygen atoms in total. The monoisotopic (exact) mass is 562 g/mol. The molecule has 1 aliphatic carbocycles. The van der Waals surface area contributed by atoms with Crippen LogP contribution in [0.1, 0.15) is 58.5 Å². The Balaban J connectivity index is 1.50. The zero-order valence-electron chi connectivity index (χ0n) is 23.0. The maximum Gasteiger partial charge on any atom is 0.435 e. The molecule has 0 N–H and O–H groups in total.